The molecule has 0 unspecified atom stereocenters. The Labute approximate surface area is 154 Å². The molecular formula is C18H26BrClN2O. The Kier molecular flexibility index (Phi) is 6.15. The number of rotatable bonds is 2. The van der Waals surface area contributed by atoms with Gasteiger partial charge in [0, 0.05) is 22.6 Å². The van der Waals surface area contributed by atoms with Gasteiger partial charge in [0.15, 0.2) is 0 Å². The molecule has 3 nitrogen and oxygen atoms in total. The molecule has 1 amide bonds. The molecule has 0 aromatic heterocycles. The third-order valence-electron chi connectivity index (χ3n) is 5.70. The summed E-state index contributed by atoms with van der Waals surface area (Å²) in [7, 11) is 4.23. The lowest BCUT2D eigenvalue weighted by molar-refractivity contribution is 0.0158. The van der Waals surface area contributed by atoms with Gasteiger partial charge in [-0.05, 0) is 63.5 Å². The third kappa shape index (κ3) is 3.45. The Balaban J connectivity index is 0.00000192. The van der Waals surface area contributed by atoms with Gasteiger partial charge in [0.2, 0.25) is 0 Å². The number of carbonyl (C=O) groups is 1. The van der Waals surface area contributed by atoms with E-state index in [0.29, 0.717) is 6.04 Å². The molecule has 1 spiro atoms. The molecular weight excluding hydrogens is 376 g/mol. The van der Waals surface area contributed by atoms with Crippen LogP contribution in [0.25, 0.3) is 0 Å². The molecule has 0 radical (unpaired) electrons. The summed E-state index contributed by atoms with van der Waals surface area (Å²) in [4.78, 5) is 17.4. The third-order valence-corrected chi connectivity index (χ3v) is 6.23. The van der Waals surface area contributed by atoms with Gasteiger partial charge < -0.3 is 4.90 Å². The molecule has 1 saturated carbocycles. The van der Waals surface area contributed by atoms with Crippen LogP contribution >= 0.6 is 28.3 Å². The first-order valence-corrected chi connectivity index (χ1v) is 9.08. The second-order valence-corrected chi connectivity index (χ2v) is 7.73. The van der Waals surface area contributed by atoms with Crippen LogP contribution in [0.4, 0.5) is 0 Å². The summed E-state index contributed by atoms with van der Waals surface area (Å²) < 4.78 is 1.01. The van der Waals surface area contributed by atoms with E-state index in [4.69, 9.17) is 0 Å². The normalized spacial score (nSPS) is 27.7. The number of hydrogen-bond donors (Lipinski definition) is 0. The Hall–Kier alpha value is -0.580. The van der Waals surface area contributed by atoms with Crippen LogP contribution in [-0.4, -0.2) is 47.9 Å². The zero-order chi connectivity index (χ0) is 15.7. The van der Waals surface area contributed by atoms with E-state index < -0.39 is 0 Å². The quantitative estimate of drug-likeness (QED) is 0.735. The molecule has 2 atom stereocenters. The fraction of sp³-hybridized carbons (Fsp3) is 0.611. The fourth-order valence-electron chi connectivity index (χ4n) is 4.47. The van der Waals surface area contributed by atoms with Crippen molar-refractivity contribution in [2.75, 3.05) is 20.6 Å². The van der Waals surface area contributed by atoms with Crippen LogP contribution in [0.5, 0.6) is 0 Å². The van der Waals surface area contributed by atoms with Crippen LogP contribution in [0.2, 0.25) is 0 Å². The van der Waals surface area contributed by atoms with Gasteiger partial charge in [0.05, 0.1) is 6.04 Å². The molecule has 2 aliphatic rings. The van der Waals surface area contributed by atoms with Crippen LogP contribution in [0.3, 0.4) is 0 Å². The number of likely N-dealkylation sites (N-methyl/N-ethyl adjacent to an activating group) is 2. The van der Waals surface area contributed by atoms with E-state index in [9.17, 15) is 4.79 Å². The molecule has 1 aromatic rings. The summed E-state index contributed by atoms with van der Waals surface area (Å²) in [5, 5.41) is 0. The van der Waals surface area contributed by atoms with E-state index in [1.165, 1.54) is 32.1 Å². The van der Waals surface area contributed by atoms with Crippen LogP contribution in [-0.2, 0) is 0 Å². The number of nitrogens with zero attached hydrogens (tertiary/aromatic N) is 2. The first-order chi connectivity index (χ1) is 10.5. The zero-order valence-corrected chi connectivity index (χ0v) is 16.3. The lowest BCUT2D eigenvalue weighted by Crippen LogP contribution is -2.60. The number of carbonyl (C=O) groups excluding carboxylic acids is 1. The predicted molar refractivity (Wildman–Crippen MR) is 100 cm³/mol. The molecule has 2 fully saturated rings. The van der Waals surface area contributed by atoms with Crippen LogP contribution in [0, 0.1) is 0 Å². The van der Waals surface area contributed by atoms with Crippen molar-refractivity contribution in [1.82, 2.24) is 9.80 Å². The highest BCUT2D eigenvalue weighted by molar-refractivity contribution is 9.10. The number of amides is 1. The molecule has 0 bridgehead atoms. The maximum Gasteiger partial charge on any atom is 0.253 e. The average Bonchev–Trinajstić information content (AvgIpc) is 2.88. The summed E-state index contributed by atoms with van der Waals surface area (Å²) in [6, 6.07) is 8.05. The van der Waals surface area contributed by atoms with Gasteiger partial charge in [0.25, 0.3) is 5.91 Å². The first kappa shape index (κ1) is 18.8. The summed E-state index contributed by atoms with van der Waals surface area (Å²) in [5.74, 6) is 0.152. The van der Waals surface area contributed by atoms with Gasteiger partial charge in [-0.3, -0.25) is 9.69 Å². The standard InChI is InChI=1S/C18H25BrN2O.ClH/c1-20-13-5-12-18(20)11-4-3-6-16(18)21(2)17(22)14-7-9-15(19)10-8-14;/h7-10,16H,3-6,11-13H2,1-2H3;1H/t16-,18+;/m0./s1. The predicted octanol–water partition coefficient (Wildman–Crippen LogP) is 4.35. The van der Waals surface area contributed by atoms with Crippen molar-refractivity contribution in [1.29, 1.82) is 0 Å². The largest absolute Gasteiger partial charge is 0.337 e. The van der Waals surface area contributed by atoms with E-state index >= 15 is 0 Å². The number of halogens is 2. The molecule has 1 aliphatic carbocycles. The first-order valence-electron chi connectivity index (χ1n) is 8.28. The van der Waals surface area contributed by atoms with Crippen molar-refractivity contribution in [3.8, 4) is 0 Å². The van der Waals surface area contributed by atoms with Crippen LogP contribution < -0.4 is 0 Å². The van der Waals surface area contributed by atoms with Crippen molar-refractivity contribution in [3.05, 3.63) is 34.3 Å². The Morgan fingerprint density at radius 2 is 1.87 bits per heavy atom. The molecule has 23 heavy (non-hydrogen) atoms. The second-order valence-electron chi connectivity index (χ2n) is 6.81. The molecule has 0 N–H and O–H groups in total. The molecule has 128 valence electrons. The van der Waals surface area contributed by atoms with E-state index in [2.05, 4.69) is 27.9 Å². The Morgan fingerprint density at radius 1 is 1.22 bits per heavy atom. The van der Waals surface area contributed by atoms with Gasteiger partial charge in [-0.2, -0.15) is 0 Å². The van der Waals surface area contributed by atoms with Gasteiger partial charge in [-0.1, -0.05) is 28.8 Å². The van der Waals surface area contributed by atoms with Gasteiger partial charge in [-0.15, -0.1) is 12.4 Å². The van der Waals surface area contributed by atoms with Crippen molar-refractivity contribution in [3.63, 3.8) is 0 Å². The minimum atomic E-state index is 0. The highest BCUT2D eigenvalue weighted by Crippen LogP contribution is 2.43. The highest BCUT2D eigenvalue weighted by atomic mass is 79.9. The number of hydrogen-bond acceptors (Lipinski definition) is 2. The molecule has 3 rings (SSSR count). The minimum absolute atomic E-state index is 0. The zero-order valence-electron chi connectivity index (χ0n) is 13.9. The van der Waals surface area contributed by atoms with Gasteiger partial charge >= 0.3 is 0 Å². The Bertz CT molecular complexity index is 550. The molecule has 1 heterocycles. The lowest BCUT2D eigenvalue weighted by atomic mass is 9.75. The minimum Gasteiger partial charge on any atom is -0.337 e. The number of likely N-dealkylation sites (tertiary alicyclic amines) is 1. The molecule has 1 saturated heterocycles. The van der Waals surface area contributed by atoms with Crippen LogP contribution in [0.1, 0.15) is 48.9 Å². The van der Waals surface area contributed by atoms with Crippen molar-refractivity contribution < 1.29 is 4.79 Å². The van der Waals surface area contributed by atoms with Gasteiger partial charge in [-0.25, -0.2) is 0 Å². The van der Waals surface area contributed by atoms with E-state index in [-0.39, 0.29) is 23.9 Å². The summed E-state index contributed by atoms with van der Waals surface area (Å²) in [6.07, 6.45) is 7.37. The summed E-state index contributed by atoms with van der Waals surface area (Å²) in [5.41, 5.74) is 0.991. The smallest absolute Gasteiger partial charge is 0.253 e. The number of benzene rings is 1. The highest BCUT2D eigenvalue weighted by Gasteiger charge is 2.48. The summed E-state index contributed by atoms with van der Waals surface area (Å²) >= 11 is 3.43. The molecule has 5 heteroatoms. The van der Waals surface area contributed by atoms with Gasteiger partial charge in [0.1, 0.15) is 0 Å². The van der Waals surface area contributed by atoms with Crippen molar-refractivity contribution in [2.45, 2.75) is 50.1 Å². The topological polar surface area (TPSA) is 23.6 Å². The maximum absolute atomic E-state index is 12.9. The van der Waals surface area contributed by atoms with E-state index in [1.54, 1.807) is 0 Å². The van der Waals surface area contributed by atoms with E-state index in [0.717, 1.165) is 23.0 Å². The van der Waals surface area contributed by atoms with E-state index in [1.807, 2.05) is 36.2 Å². The second kappa shape index (κ2) is 7.54. The lowest BCUT2D eigenvalue weighted by Gasteiger charge is -2.49. The van der Waals surface area contributed by atoms with Crippen molar-refractivity contribution >= 4 is 34.2 Å². The maximum atomic E-state index is 12.9. The molecule has 1 aliphatic heterocycles. The summed E-state index contributed by atoms with van der Waals surface area (Å²) in [6.45, 7) is 1.16. The Morgan fingerprint density at radius 3 is 2.48 bits per heavy atom. The SMILES string of the molecule is CN(C(=O)c1ccc(Br)cc1)[C@H]1CCCC[C@@]12CCCN2C.Cl. The fourth-order valence-corrected chi connectivity index (χ4v) is 4.73. The van der Waals surface area contributed by atoms with Crippen LogP contribution in [0.15, 0.2) is 28.7 Å². The average molecular weight is 402 g/mol. The monoisotopic (exact) mass is 400 g/mol. The van der Waals surface area contributed by atoms with Crippen molar-refractivity contribution in [2.24, 2.45) is 0 Å². The molecule has 1 aromatic carbocycles.